The van der Waals surface area contributed by atoms with Crippen LogP contribution >= 0.6 is 0 Å². The number of piperidine rings is 1. The van der Waals surface area contributed by atoms with Crippen LogP contribution in [0, 0.1) is 6.92 Å². The van der Waals surface area contributed by atoms with Gasteiger partial charge in [-0.3, -0.25) is 19.4 Å². The predicted octanol–water partition coefficient (Wildman–Crippen LogP) is 0.176. The van der Waals surface area contributed by atoms with E-state index in [1.54, 1.807) is 26.2 Å². The first-order valence-electron chi connectivity index (χ1n) is 8.23. The van der Waals surface area contributed by atoms with Crippen molar-refractivity contribution in [2.75, 3.05) is 18.0 Å². The zero-order valence-electron chi connectivity index (χ0n) is 14.3. The summed E-state index contributed by atoms with van der Waals surface area (Å²) in [5.41, 5.74) is 0.350. The molecule has 0 bridgehead atoms. The number of aryl methyl sites for hydroxylation is 2. The second-order valence-electron chi connectivity index (χ2n) is 6.28. The van der Waals surface area contributed by atoms with Crippen molar-refractivity contribution in [3.63, 3.8) is 0 Å². The first-order chi connectivity index (χ1) is 11.9. The van der Waals surface area contributed by atoms with Gasteiger partial charge in [0.25, 0.3) is 17.0 Å². The molecule has 132 valence electrons. The quantitative estimate of drug-likeness (QED) is 0.828. The summed E-state index contributed by atoms with van der Waals surface area (Å²) in [6.45, 7) is 3.13. The number of nitrogens with one attached hydrogen (secondary N) is 2. The molecule has 0 saturated carbocycles. The van der Waals surface area contributed by atoms with E-state index in [0.717, 1.165) is 12.8 Å². The summed E-state index contributed by atoms with van der Waals surface area (Å²) in [5.74, 6) is 0.216. The van der Waals surface area contributed by atoms with Crippen LogP contribution in [-0.2, 0) is 7.05 Å². The molecule has 1 aliphatic heterocycles. The van der Waals surface area contributed by atoms with Gasteiger partial charge in [0.2, 0.25) is 5.95 Å². The molecule has 3 heterocycles. The first-order valence-corrected chi connectivity index (χ1v) is 8.23. The minimum atomic E-state index is -0.346. The lowest BCUT2D eigenvalue weighted by Gasteiger charge is -2.32. The summed E-state index contributed by atoms with van der Waals surface area (Å²) < 4.78 is 1.39. The number of H-pyrrole nitrogens is 1. The number of hydrogen-bond donors (Lipinski definition) is 2. The summed E-state index contributed by atoms with van der Waals surface area (Å²) in [6, 6.07) is 4.66. The van der Waals surface area contributed by atoms with Gasteiger partial charge in [0.05, 0.1) is 0 Å². The van der Waals surface area contributed by atoms with E-state index in [0.29, 0.717) is 24.7 Å². The molecular formula is C17H21N5O3. The van der Waals surface area contributed by atoms with Crippen molar-refractivity contribution in [1.29, 1.82) is 0 Å². The van der Waals surface area contributed by atoms with Gasteiger partial charge in [-0.1, -0.05) is 0 Å². The highest BCUT2D eigenvalue weighted by atomic mass is 16.2. The summed E-state index contributed by atoms with van der Waals surface area (Å²) in [6.07, 6.45) is 3.06. The summed E-state index contributed by atoms with van der Waals surface area (Å²) in [7, 11) is 1.62. The van der Waals surface area contributed by atoms with Gasteiger partial charge in [-0.2, -0.15) is 0 Å². The average Bonchev–Trinajstić information content (AvgIpc) is 2.57. The predicted molar refractivity (Wildman–Crippen MR) is 94.0 cm³/mol. The number of pyridine rings is 1. The minimum absolute atomic E-state index is 0.00908. The van der Waals surface area contributed by atoms with Crippen LogP contribution in [0.15, 0.2) is 34.0 Å². The van der Waals surface area contributed by atoms with E-state index in [9.17, 15) is 14.4 Å². The third-order valence-corrected chi connectivity index (χ3v) is 4.35. The normalized spacial score (nSPS) is 15.2. The Morgan fingerprint density at radius 2 is 2.04 bits per heavy atom. The molecule has 8 heteroatoms. The standard InChI is InChI=1S/C17H21N5O3/c1-11-10-14(23)20-17(18-11)22-8-5-12(6-9-22)19-15(24)13-4-3-7-21(2)16(13)25/h3-4,7,10,12H,5-6,8-9H2,1-2H3,(H,19,24)(H,18,20,23). The molecule has 1 fully saturated rings. The van der Waals surface area contributed by atoms with Gasteiger partial charge in [0.1, 0.15) is 5.56 Å². The Hall–Kier alpha value is -2.90. The molecule has 2 N–H and O–H groups in total. The molecule has 1 saturated heterocycles. The maximum atomic E-state index is 12.3. The molecule has 1 amide bonds. The number of anilines is 1. The molecule has 2 aromatic heterocycles. The van der Waals surface area contributed by atoms with Crippen LogP contribution in [0.3, 0.4) is 0 Å². The second kappa shape index (κ2) is 6.92. The fraction of sp³-hybridized carbons (Fsp3) is 0.412. The van der Waals surface area contributed by atoms with E-state index < -0.39 is 0 Å². The molecular weight excluding hydrogens is 322 g/mol. The SMILES string of the molecule is Cc1cc(=O)[nH]c(N2CCC(NC(=O)c3cccn(C)c3=O)CC2)n1. The molecule has 25 heavy (non-hydrogen) atoms. The average molecular weight is 343 g/mol. The van der Waals surface area contributed by atoms with Crippen molar-refractivity contribution in [2.45, 2.75) is 25.8 Å². The summed E-state index contributed by atoms with van der Waals surface area (Å²) >= 11 is 0. The Morgan fingerprint density at radius 3 is 2.72 bits per heavy atom. The van der Waals surface area contributed by atoms with E-state index in [1.807, 2.05) is 4.90 Å². The molecule has 0 spiro atoms. The highest BCUT2D eigenvalue weighted by molar-refractivity contribution is 5.94. The van der Waals surface area contributed by atoms with Crippen LogP contribution in [0.2, 0.25) is 0 Å². The van der Waals surface area contributed by atoms with Crippen LogP contribution in [0.5, 0.6) is 0 Å². The number of aromatic amines is 1. The van der Waals surface area contributed by atoms with Crippen molar-refractivity contribution >= 4 is 11.9 Å². The van der Waals surface area contributed by atoms with Crippen molar-refractivity contribution in [3.8, 4) is 0 Å². The maximum absolute atomic E-state index is 12.3. The van der Waals surface area contributed by atoms with Crippen molar-refractivity contribution in [2.24, 2.45) is 7.05 Å². The largest absolute Gasteiger partial charge is 0.349 e. The maximum Gasteiger partial charge on any atom is 0.263 e. The van der Waals surface area contributed by atoms with E-state index in [-0.39, 0.29) is 28.6 Å². The third kappa shape index (κ3) is 3.78. The highest BCUT2D eigenvalue weighted by Gasteiger charge is 2.23. The van der Waals surface area contributed by atoms with Crippen LogP contribution < -0.4 is 21.3 Å². The Bertz CT molecular complexity index is 894. The van der Waals surface area contributed by atoms with Gasteiger partial charge < -0.3 is 14.8 Å². The Kier molecular flexibility index (Phi) is 4.69. The van der Waals surface area contributed by atoms with Crippen LogP contribution in [0.25, 0.3) is 0 Å². The van der Waals surface area contributed by atoms with Crippen molar-refractivity contribution in [1.82, 2.24) is 19.9 Å². The Morgan fingerprint density at radius 1 is 1.32 bits per heavy atom. The number of carbonyl (C=O) groups is 1. The molecule has 0 atom stereocenters. The molecule has 3 rings (SSSR count). The van der Waals surface area contributed by atoms with E-state index >= 15 is 0 Å². The van der Waals surface area contributed by atoms with Crippen molar-refractivity contribution in [3.05, 3.63) is 56.4 Å². The molecule has 0 radical (unpaired) electrons. The van der Waals surface area contributed by atoms with Gasteiger partial charge in [-0.15, -0.1) is 0 Å². The Balaban J connectivity index is 1.63. The van der Waals surface area contributed by atoms with Gasteiger partial charge in [-0.05, 0) is 31.9 Å². The van der Waals surface area contributed by atoms with Gasteiger partial charge in [0.15, 0.2) is 0 Å². The lowest BCUT2D eigenvalue weighted by Crippen LogP contribution is -2.46. The van der Waals surface area contributed by atoms with E-state index in [2.05, 4.69) is 15.3 Å². The highest BCUT2D eigenvalue weighted by Crippen LogP contribution is 2.15. The number of nitrogens with zero attached hydrogens (tertiary/aromatic N) is 3. The smallest absolute Gasteiger partial charge is 0.263 e. The number of hydrogen-bond acceptors (Lipinski definition) is 5. The van der Waals surface area contributed by atoms with Crippen molar-refractivity contribution < 1.29 is 4.79 Å². The first kappa shape index (κ1) is 16.9. The monoisotopic (exact) mass is 343 g/mol. The summed E-state index contributed by atoms with van der Waals surface area (Å²) in [5, 5.41) is 2.93. The minimum Gasteiger partial charge on any atom is -0.349 e. The number of amides is 1. The lowest BCUT2D eigenvalue weighted by atomic mass is 10.0. The fourth-order valence-corrected chi connectivity index (χ4v) is 2.98. The van der Waals surface area contributed by atoms with Crippen LogP contribution in [0.1, 0.15) is 28.9 Å². The van der Waals surface area contributed by atoms with Gasteiger partial charge >= 0.3 is 0 Å². The number of carbonyl (C=O) groups excluding carboxylic acids is 1. The lowest BCUT2D eigenvalue weighted by molar-refractivity contribution is 0.0929. The third-order valence-electron chi connectivity index (χ3n) is 4.35. The van der Waals surface area contributed by atoms with Gasteiger partial charge in [-0.25, -0.2) is 4.98 Å². The molecule has 0 unspecified atom stereocenters. The van der Waals surface area contributed by atoms with E-state index in [4.69, 9.17) is 0 Å². The molecule has 1 aliphatic rings. The fourth-order valence-electron chi connectivity index (χ4n) is 2.98. The number of aromatic nitrogens is 3. The molecule has 8 nitrogen and oxygen atoms in total. The van der Waals surface area contributed by atoms with Crippen LogP contribution in [0.4, 0.5) is 5.95 Å². The van der Waals surface area contributed by atoms with Gasteiger partial charge in [0, 0.05) is 44.1 Å². The number of rotatable bonds is 3. The van der Waals surface area contributed by atoms with E-state index in [1.165, 1.54) is 16.7 Å². The zero-order valence-corrected chi connectivity index (χ0v) is 14.3. The van der Waals surface area contributed by atoms with Crippen LogP contribution in [-0.4, -0.2) is 39.6 Å². The zero-order chi connectivity index (χ0) is 18.0. The summed E-state index contributed by atoms with van der Waals surface area (Å²) in [4.78, 5) is 45.0. The Labute approximate surface area is 144 Å². The molecule has 0 aliphatic carbocycles. The topological polar surface area (TPSA) is 100 Å². The molecule has 0 aromatic carbocycles. The molecule has 2 aromatic rings. The second-order valence-corrected chi connectivity index (χ2v) is 6.28.